The van der Waals surface area contributed by atoms with Crippen LogP contribution in [0, 0.1) is 11.3 Å². The van der Waals surface area contributed by atoms with Crippen molar-refractivity contribution in [3.05, 3.63) is 34.9 Å². The van der Waals surface area contributed by atoms with Crippen molar-refractivity contribution in [1.29, 1.82) is 0 Å². The van der Waals surface area contributed by atoms with Crippen LogP contribution >= 0.6 is 24.0 Å². The molecular weight excluding hydrogens is 335 g/mol. The SMILES string of the molecule is CC1(C)C2OCCCC2C1(N)C(=O)NCc1ccc(Cl)cc1.Cl. The van der Waals surface area contributed by atoms with Gasteiger partial charge in [-0.05, 0) is 30.5 Å². The van der Waals surface area contributed by atoms with Gasteiger partial charge >= 0.3 is 0 Å². The van der Waals surface area contributed by atoms with E-state index in [-0.39, 0.29) is 35.8 Å². The van der Waals surface area contributed by atoms with Gasteiger partial charge in [-0.2, -0.15) is 0 Å². The zero-order chi connectivity index (χ0) is 16.0. The molecule has 0 aromatic heterocycles. The van der Waals surface area contributed by atoms with E-state index in [2.05, 4.69) is 5.32 Å². The largest absolute Gasteiger partial charge is 0.377 e. The second kappa shape index (κ2) is 6.60. The first-order chi connectivity index (χ1) is 10.4. The van der Waals surface area contributed by atoms with Crippen molar-refractivity contribution in [2.24, 2.45) is 17.1 Å². The molecule has 3 N–H and O–H groups in total. The van der Waals surface area contributed by atoms with Gasteiger partial charge in [0.2, 0.25) is 5.91 Å². The van der Waals surface area contributed by atoms with Crippen LogP contribution in [0.25, 0.3) is 0 Å². The van der Waals surface area contributed by atoms with Crippen LogP contribution in [0.5, 0.6) is 0 Å². The molecule has 1 aliphatic heterocycles. The Morgan fingerprint density at radius 2 is 2.04 bits per heavy atom. The molecule has 1 aromatic carbocycles. The summed E-state index contributed by atoms with van der Waals surface area (Å²) in [6, 6.07) is 7.45. The van der Waals surface area contributed by atoms with Crippen LogP contribution in [0.4, 0.5) is 0 Å². The molecule has 23 heavy (non-hydrogen) atoms. The molecule has 1 aliphatic carbocycles. The molecule has 4 nitrogen and oxygen atoms in total. The summed E-state index contributed by atoms with van der Waals surface area (Å²) >= 11 is 5.87. The van der Waals surface area contributed by atoms with Gasteiger partial charge < -0.3 is 15.8 Å². The molecule has 2 aliphatic rings. The maximum Gasteiger partial charge on any atom is 0.241 e. The predicted molar refractivity (Wildman–Crippen MR) is 93.7 cm³/mol. The standard InChI is InChI=1S/C17H23ClN2O2.ClH/c1-16(2)14-13(4-3-9-22-14)17(16,19)15(21)20-10-11-5-7-12(18)8-6-11;/h5-8,13-14H,3-4,9-10,19H2,1-2H3,(H,20,21);1H. The number of nitrogens with two attached hydrogens (primary N) is 1. The van der Waals surface area contributed by atoms with Gasteiger partial charge in [-0.15, -0.1) is 12.4 Å². The number of carbonyl (C=O) groups excluding carboxylic acids is 1. The van der Waals surface area contributed by atoms with Crippen LogP contribution in [0.2, 0.25) is 5.02 Å². The highest BCUT2D eigenvalue weighted by molar-refractivity contribution is 6.30. The fourth-order valence-corrected chi connectivity index (χ4v) is 4.09. The second-order valence-electron chi connectivity index (χ2n) is 6.94. The average Bonchev–Trinajstić information content (AvgIpc) is 2.53. The molecule has 0 spiro atoms. The molecule has 0 radical (unpaired) electrons. The van der Waals surface area contributed by atoms with E-state index in [1.54, 1.807) is 0 Å². The van der Waals surface area contributed by atoms with E-state index in [1.807, 2.05) is 38.1 Å². The second-order valence-corrected chi connectivity index (χ2v) is 7.38. The Morgan fingerprint density at radius 3 is 2.70 bits per heavy atom. The van der Waals surface area contributed by atoms with Crippen molar-refractivity contribution in [2.75, 3.05) is 6.61 Å². The molecule has 1 amide bonds. The molecule has 128 valence electrons. The van der Waals surface area contributed by atoms with Gasteiger partial charge in [0.25, 0.3) is 0 Å². The number of carbonyl (C=O) groups is 1. The molecular formula is C17H24Cl2N2O2. The van der Waals surface area contributed by atoms with E-state index in [1.165, 1.54) is 0 Å². The van der Waals surface area contributed by atoms with Crippen molar-refractivity contribution >= 4 is 29.9 Å². The quantitative estimate of drug-likeness (QED) is 0.872. The highest BCUT2D eigenvalue weighted by Gasteiger charge is 2.70. The van der Waals surface area contributed by atoms with Crippen molar-refractivity contribution in [3.8, 4) is 0 Å². The van der Waals surface area contributed by atoms with Crippen molar-refractivity contribution in [1.82, 2.24) is 5.32 Å². The number of nitrogens with one attached hydrogen (secondary N) is 1. The zero-order valence-electron chi connectivity index (χ0n) is 13.5. The Hall–Kier alpha value is -0.810. The summed E-state index contributed by atoms with van der Waals surface area (Å²) in [7, 11) is 0. The first-order valence-electron chi connectivity index (χ1n) is 7.80. The first-order valence-corrected chi connectivity index (χ1v) is 8.18. The summed E-state index contributed by atoms with van der Waals surface area (Å²) in [6.07, 6.45) is 2.02. The predicted octanol–water partition coefficient (Wildman–Crippen LogP) is 2.91. The third-order valence-corrected chi connectivity index (χ3v) is 5.68. The fourth-order valence-electron chi connectivity index (χ4n) is 3.97. The molecule has 6 heteroatoms. The van der Waals surface area contributed by atoms with Gasteiger partial charge in [0.15, 0.2) is 0 Å². The summed E-state index contributed by atoms with van der Waals surface area (Å²) in [6.45, 7) is 5.29. The van der Waals surface area contributed by atoms with E-state index in [0.717, 1.165) is 25.0 Å². The van der Waals surface area contributed by atoms with Gasteiger partial charge in [0.05, 0.1) is 6.10 Å². The Bertz CT molecular complexity index is 576. The smallest absolute Gasteiger partial charge is 0.241 e. The summed E-state index contributed by atoms with van der Waals surface area (Å²) < 4.78 is 5.84. The average molecular weight is 359 g/mol. The molecule has 1 heterocycles. The zero-order valence-corrected chi connectivity index (χ0v) is 15.0. The van der Waals surface area contributed by atoms with Crippen molar-refractivity contribution < 1.29 is 9.53 Å². The highest BCUT2D eigenvalue weighted by Crippen LogP contribution is 2.57. The lowest BCUT2D eigenvalue weighted by molar-refractivity contribution is -0.225. The van der Waals surface area contributed by atoms with Crippen LogP contribution in [-0.2, 0) is 16.1 Å². The van der Waals surface area contributed by atoms with Crippen LogP contribution < -0.4 is 11.1 Å². The Labute approximate surface area is 148 Å². The number of benzene rings is 1. The summed E-state index contributed by atoms with van der Waals surface area (Å²) in [5.41, 5.74) is 6.36. The normalized spacial score (nSPS) is 31.3. The van der Waals surface area contributed by atoms with Crippen LogP contribution in [0.15, 0.2) is 24.3 Å². The van der Waals surface area contributed by atoms with Gasteiger partial charge in [-0.25, -0.2) is 0 Å². The van der Waals surface area contributed by atoms with Gasteiger partial charge in [0, 0.05) is 29.5 Å². The number of amides is 1. The molecule has 3 atom stereocenters. The lowest BCUT2D eigenvalue weighted by Crippen LogP contribution is -2.82. The topological polar surface area (TPSA) is 64.3 Å². The number of fused-ring (bicyclic) bond motifs is 1. The molecule has 2 fully saturated rings. The van der Waals surface area contributed by atoms with E-state index in [0.29, 0.717) is 11.6 Å². The number of hydrogen-bond acceptors (Lipinski definition) is 3. The minimum atomic E-state index is -0.857. The third kappa shape index (κ3) is 2.86. The van der Waals surface area contributed by atoms with Crippen molar-refractivity contribution in [3.63, 3.8) is 0 Å². The van der Waals surface area contributed by atoms with Crippen LogP contribution in [0.3, 0.4) is 0 Å². The maximum absolute atomic E-state index is 12.7. The fraction of sp³-hybridized carbons (Fsp3) is 0.588. The molecule has 1 saturated carbocycles. The number of halogens is 2. The number of rotatable bonds is 3. The molecule has 1 saturated heterocycles. The lowest BCUT2D eigenvalue weighted by Gasteiger charge is -2.65. The van der Waals surface area contributed by atoms with Crippen LogP contribution in [-0.4, -0.2) is 24.2 Å². The Kier molecular flexibility index (Phi) is 5.31. The minimum absolute atomic E-state index is 0. The summed E-state index contributed by atoms with van der Waals surface area (Å²) in [5.74, 6) is 0.0284. The van der Waals surface area contributed by atoms with E-state index < -0.39 is 5.54 Å². The van der Waals surface area contributed by atoms with Gasteiger partial charge in [-0.1, -0.05) is 37.6 Å². The maximum atomic E-state index is 12.7. The summed E-state index contributed by atoms with van der Waals surface area (Å²) in [4.78, 5) is 12.7. The lowest BCUT2D eigenvalue weighted by atomic mass is 9.46. The number of ether oxygens (including phenoxy) is 1. The summed E-state index contributed by atoms with van der Waals surface area (Å²) in [5, 5.41) is 3.67. The van der Waals surface area contributed by atoms with Gasteiger partial charge in [0.1, 0.15) is 5.54 Å². The third-order valence-electron chi connectivity index (χ3n) is 5.43. The Morgan fingerprint density at radius 1 is 1.39 bits per heavy atom. The van der Waals surface area contributed by atoms with Gasteiger partial charge in [-0.3, -0.25) is 4.79 Å². The van der Waals surface area contributed by atoms with Crippen molar-refractivity contribution in [2.45, 2.75) is 44.9 Å². The minimum Gasteiger partial charge on any atom is -0.377 e. The van der Waals surface area contributed by atoms with E-state index in [9.17, 15) is 4.79 Å². The van der Waals surface area contributed by atoms with E-state index in [4.69, 9.17) is 22.1 Å². The Balaban J connectivity index is 0.00000192. The number of hydrogen-bond donors (Lipinski definition) is 2. The first kappa shape index (κ1) is 18.5. The van der Waals surface area contributed by atoms with Crippen LogP contribution in [0.1, 0.15) is 32.3 Å². The molecule has 3 rings (SSSR count). The van der Waals surface area contributed by atoms with E-state index >= 15 is 0 Å². The monoisotopic (exact) mass is 358 g/mol. The molecule has 0 bridgehead atoms. The molecule has 1 aromatic rings. The molecule has 3 unspecified atom stereocenters. The highest BCUT2D eigenvalue weighted by atomic mass is 35.5.